The van der Waals surface area contributed by atoms with Gasteiger partial charge in [-0.1, -0.05) is 24.3 Å². The molecule has 2 aliphatic heterocycles. The summed E-state index contributed by atoms with van der Waals surface area (Å²) in [6, 6.07) is 9.51. The Kier molecular flexibility index (Phi) is 6.83. The Bertz CT molecular complexity index is 1010. The highest BCUT2D eigenvalue weighted by molar-refractivity contribution is 8.00. The van der Waals surface area contributed by atoms with Crippen LogP contribution in [0.2, 0.25) is 0 Å². The van der Waals surface area contributed by atoms with Crippen LogP contribution in [-0.4, -0.2) is 46.2 Å². The topological polar surface area (TPSA) is 40.6 Å². The summed E-state index contributed by atoms with van der Waals surface area (Å²) in [6.45, 7) is 0.100. The molecule has 2 fully saturated rings. The second-order valence-corrected chi connectivity index (χ2v) is 9.88. The Hall–Kier alpha value is -2.34. The number of halogens is 6. The van der Waals surface area contributed by atoms with E-state index < -0.39 is 34.2 Å². The van der Waals surface area contributed by atoms with E-state index in [1.54, 1.807) is 0 Å². The van der Waals surface area contributed by atoms with Gasteiger partial charge in [0.15, 0.2) is 0 Å². The third-order valence-electron chi connectivity index (χ3n) is 5.52. The minimum atomic E-state index is -4.52. The maximum atomic E-state index is 13.1. The molecule has 34 heavy (non-hydrogen) atoms. The summed E-state index contributed by atoms with van der Waals surface area (Å²) in [6.07, 6.45) is -9.04. The molecule has 4 nitrogen and oxygen atoms in total. The van der Waals surface area contributed by atoms with Crippen molar-refractivity contribution >= 4 is 35.3 Å². The van der Waals surface area contributed by atoms with E-state index in [0.717, 1.165) is 24.3 Å². The number of thioether (sulfide) groups is 2. The molecule has 2 aromatic carbocycles. The maximum absolute atomic E-state index is 13.1. The molecule has 0 unspecified atom stereocenters. The van der Waals surface area contributed by atoms with Gasteiger partial charge in [0.25, 0.3) is 0 Å². The summed E-state index contributed by atoms with van der Waals surface area (Å²) in [7, 11) is 0. The molecule has 2 amide bonds. The zero-order valence-electron chi connectivity index (χ0n) is 17.4. The van der Waals surface area contributed by atoms with Gasteiger partial charge in [0, 0.05) is 13.1 Å². The first-order chi connectivity index (χ1) is 15.9. The van der Waals surface area contributed by atoms with Crippen molar-refractivity contribution in [2.75, 3.05) is 24.6 Å². The molecule has 2 saturated heterocycles. The molecule has 4 rings (SSSR count). The first kappa shape index (κ1) is 24.8. The van der Waals surface area contributed by atoms with Crippen molar-refractivity contribution in [2.24, 2.45) is 0 Å². The number of carbonyl (C=O) groups excluding carboxylic acids is 2. The molecular formula is C22H18F6N2O2S2. The fraction of sp³-hybridized carbons (Fsp3) is 0.364. The highest BCUT2D eigenvalue weighted by Gasteiger charge is 2.39. The number of alkyl halides is 6. The minimum Gasteiger partial charge on any atom is -0.324 e. The summed E-state index contributed by atoms with van der Waals surface area (Å²) in [5.74, 6) is -0.383. The molecule has 0 N–H and O–H groups in total. The molecule has 2 atom stereocenters. The van der Waals surface area contributed by atoms with E-state index in [2.05, 4.69) is 0 Å². The summed E-state index contributed by atoms with van der Waals surface area (Å²) >= 11 is 2.38. The van der Waals surface area contributed by atoms with Gasteiger partial charge in [-0.3, -0.25) is 9.59 Å². The zero-order valence-corrected chi connectivity index (χ0v) is 19.0. The molecule has 2 aromatic rings. The van der Waals surface area contributed by atoms with Crippen LogP contribution < -0.4 is 0 Å². The Morgan fingerprint density at radius 3 is 1.44 bits per heavy atom. The van der Waals surface area contributed by atoms with E-state index in [-0.39, 0.29) is 36.4 Å². The predicted molar refractivity (Wildman–Crippen MR) is 117 cm³/mol. The van der Waals surface area contributed by atoms with Crippen LogP contribution in [0, 0.1) is 0 Å². The number of nitrogens with zero attached hydrogens (tertiary/aromatic N) is 2. The van der Waals surface area contributed by atoms with Crippen LogP contribution in [-0.2, 0) is 21.9 Å². The lowest BCUT2D eigenvalue weighted by Crippen LogP contribution is -2.39. The standard InChI is InChI=1S/C22H18F6N2O2S2/c23-21(24,25)15-5-1-3-13(9-15)19-29(17(31)11-33-19)7-8-30-18(32)12-34-20(30)14-4-2-6-16(10-14)22(26,27)28/h1-6,9-10,19-20H,7-8,11-12H2/t19-,20-/m0/s1. The number of rotatable bonds is 5. The molecule has 2 aliphatic rings. The third kappa shape index (κ3) is 5.17. The highest BCUT2D eigenvalue weighted by Crippen LogP contribution is 2.43. The summed E-state index contributed by atoms with van der Waals surface area (Å²) in [5, 5.41) is -1.29. The third-order valence-corrected chi connectivity index (χ3v) is 8.03. The van der Waals surface area contributed by atoms with Crippen molar-refractivity contribution in [1.29, 1.82) is 0 Å². The zero-order chi connectivity index (χ0) is 24.7. The molecule has 0 spiro atoms. The molecule has 12 heteroatoms. The van der Waals surface area contributed by atoms with E-state index in [1.165, 1.54) is 57.6 Å². The Labute approximate surface area is 199 Å². The van der Waals surface area contributed by atoms with Crippen LogP contribution in [0.3, 0.4) is 0 Å². The van der Waals surface area contributed by atoms with Crippen LogP contribution in [0.5, 0.6) is 0 Å². The van der Waals surface area contributed by atoms with E-state index >= 15 is 0 Å². The number of hydrogen-bond donors (Lipinski definition) is 0. The molecule has 0 aromatic heterocycles. The average molecular weight is 521 g/mol. The molecule has 0 bridgehead atoms. The summed E-state index contributed by atoms with van der Waals surface area (Å²) in [5.41, 5.74) is -0.995. The monoisotopic (exact) mass is 520 g/mol. The molecular weight excluding hydrogens is 502 g/mol. The number of benzene rings is 2. The molecule has 0 radical (unpaired) electrons. The van der Waals surface area contributed by atoms with E-state index in [0.29, 0.717) is 11.1 Å². The Morgan fingerprint density at radius 1 is 0.706 bits per heavy atom. The Morgan fingerprint density at radius 2 is 1.09 bits per heavy atom. The molecule has 2 heterocycles. The minimum absolute atomic E-state index is 0.0501. The van der Waals surface area contributed by atoms with Gasteiger partial charge in [0.05, 0.1) is 22.6 Å². The predicted octanol–water partition coefficient (Wildman–Crippen LogP) is 5.57. The van der Waals surface area contributed by atoms with E-state index in [9.17, 15) is 35.9 Å². The summed E-state index contributed by atoms with van der Waals surface area (Å²) < 4.78 is 78.8. The molecule has 0 aliphatic carbocycles. The van der Waals surface area contributed by atoms with Crippen LogP contribution in [0.15, 0.2) is 48.5 Å². The van der Waals surface area contributed by atoms with Crippen molar-refractivity contribution in [3.8, 4) is 0 Å². The lowest BCUT2D eigenvalue weighted by atomic mass is 10.1. The van der Waals surface area contributed by atoms with Gasteiger partial charge in [-0.2, -0.15) is 26.3 Å². The summed E-state index contributed by atoms with van der Waals surface area (Å²) in [4.78, 5) is 27.8. The average Bonchev–Trinajstić information content (AvgIpc) is 3.33. The van der Waals surface area contributed by atoms with Gasteiger partial charge in [-0.05, 0) is 35.4 Å². The smallest absolute Gasteiger partial charge is 0.324 e. The lowest BCUT2D eigenvalue weighted by molar-refractivity contribution is -0.138. The largest absolute Gasteiger partial charge is 0.416 e. The first-order valence-electron chi connectivity index (χ1n) is 10.1. The van der Waals surface area contributed by atoms with Crippen LogP contribution >= 0.6 is 23.5 Å². The normalized spacial score (nSPS) is 21.6. The van der Waals surface area contributed by atoms with Gasteiger partial charge in [0.1, 0.15) is 10.7 Å². The quantitative estimate of drug-likeness (QED) is 0.484. The second kappa shape index (κ2) is 9.37. The second-order valence-electron chi connectivity index (χ2n) is 7.75. The Balaban J connectivity index is 1.52. The SMILES string of the molecule is O=C1CS[C@@H](c2cccc(C(F)(F)F)c2)N1CCN1C(=O)CS[C@H]1c1cccc(C(F)(F)F)c1. The van der Waals surface area contributed by atoms with E-state index in [4.69, 9.17) is 0 Å². The van der Waals surface area contributed by atoms with Crippen molar-refractivity contribution in [2.45, 2.75) is 23.1 Å². The van der Waals surface area contributed by atoms with Crippen molar-refractivity contribution in [3.05, 3.63) is 70.8 Å². The van der Waals surface area contributed by atoms with Crippen molar-refractivity contribution < 1.29 is 35.9 Å². The fourth-order valence-electron chi connectivity index (χ4n) is 3.90. The first-order valence-corrected chi connectivity index (χ1v) is 12.2. The van der Waals surface area contributed by atoms with Gasteiger partial charge in [0.2, 0.25) is 11.8 Å². The molecule has 182 valence electrons. The van der Waals surface area contributed by atoms with Gasteiger partial charge >= 0.3 is 12.4 Å². The maximum Gasteiger partial charge on any atom is 0.416 e. The van der Waals surface area contributed by atoms with Crippen LogP contribution in [0.25, 0.3) is 0 Å². The van der Waals surface area contributed by atoms with E-state index in [1.807, 2.05) is 0 Å². The van der Waals surface area contributed by atoms with Crippen LogP contribution in [0.1, 0.15) is 33.0 Å². The van der Waals surface area contributed by atoms with Crippen molar-refractivity contribution in [1.82, 2.24) is 9.80 Å². The van der Waals surface area contributed by atoms with Gasteiger partial charge in [-0.25, -0.2) is 0 Å². The molecule has 0 saturated carbocycles. The number of amides is 2. The number of carbonyl (C=O) groups is 2. The van der Waals surface area contributed by atoms with Gasteiger partial charge < -0.3 is 9.80 Å². The van der Waals surface area contributed by atoms with Crippen LogP contribution in [0.4, 0.5) is 26.3 Å². The fourth-order valence-corrected chi connectivity index (χ4v) is 6.31. The van der Waals surface area contributed by atoms with Gasteiger partial charge in [-0.15, -0.1) is 23.5 Å². The highest BCUT2D eigenvalue weighted by atomic mass is 32.2. The van der Waals surface area contributed by atoms with Crippen molar-refractivity contribution in [3.63, 3.8) is 0 Å². The lowest BCUT2D eigenvalue weighted by Gasteiger charge is -2.30. The number of hydrogen-bond acceptors (Lipinski definition) is 4.